The summed E-state index contributed by atoms with van der Waals surface area (Å²) < 4.78 is 12.9. The summed E-state index contributed by atoms with van der Waals surface area (Å²) in [5.74, 6) is 0.850. The van der Waals surface area contributed by atoms with Gasteiger partial charge in [-0.3, -0.25) is 9.69 Å². The SMILES string of the molecule is Cc1cc(-c2cnc(N)c(-n3cc(C(N)=O)cn3)n2)cc(C)c1OCCCN1CCOCC1. The molecule has 0 unspecified atom stereocenters. The van der Waals surface area contributed by atoms with E-state index in [9.17, 15) is 4.79 Å². The molecule has 1 amide bonds. The fourth-order valence-electron chi connectivity index (χ4n) is 3.88. The lowest BCUT2D eigenvalue weighted by molar-refractivity contribution is 0.0357. The Morgan fingerprint density at radius 1 is 1.18 bits per heavy atom. The van der Waals surface area contributed by atoms with E-state index in [4.69, 9.17) is 20.9 Å². The van der Waals surface area contributed by atoms with Crippen LogP contribution in [0.5, 0.6) is 5.75 Å². The second-order valence-corrected chi connectivity index (χ2v) is 8.10. The summed E-state index contributed by atoms with van der Waals surface area (Å²) in [5.41, 5.74) is 15.2. The molecule has 3 heterocycles. The minimum Gasteiger partial charge on any atom is -0.493 e. The van der Waals surface area contributed by atoms with Crippen LogP contribution in [0.1, 0.15) is 27.9 Å². The minimum absolute atomic E-state index is 0.200. The highest BCUT2D eigenvalue weighted by Gasteiger charge is 2.15. The summed E-state index contributed by atoms with van der Waals surface area (Å²) in [6, 6.07) is 4.04. The second kappa shape index (κ2) is 9.97. The molecule has 174 valence electrons. The maximum Gasteiger partial charge on any atom is 0.251 e. The first-order valence-corrected chi connectivity index (χ1v) is 10.9. The normalized spacial score (nSPS) is 14.4. The number of aromatic nitrogens is 4. The molecule has 1 saturated heterocycles. The number of primary amides is 1. The van der Waals surface area contributed by atoms with Crippen LogP contribution in [0.3, 0.4) is 0 Å². The fraction of sp³-hybridized carbons (Fsp3) is 0.391. The Morgan fingerprint density at radius 2 is 1.91 bits per heavy atom. The van der Waals surface area contributed by atoms with E-state index in [1.165, 1.54) is 17.1 Å². The van der Waals surface area contributed by atoms with Gasteiger partial charge in [0.25, 0.3) is 5.91 Å². The number of rotatable bonds is 8. The highest BCUT2D eigenvalue weighted by Crippen LogP contribution is 2.30. The van der Waals surface area contributed by atoms with Crippen LogP contribution in [-0.2, 0) is 4.74 Å². The van der Waals surface area contributed by atoms with Crippen LogP contribution in [-0.4, -0.2) is 70.0 Å². The first kappa shape index (κ1) is 22.7. The molecule has 33 heavy (non-hydrogen) atoms. The van der Waals surface area contributed by atoms with Gasteiger partial charge in [0.2, 0.25) is 0 Å². The quantitative estimate of drug-likeness (QED) is 0.495. The number of aryl methyl sites for hydroxylation is 2. The minimum atomic E-state index is -0.573. The average Bonchev–Trinajstić information content (AvgIpc) is 3.29. The van der Waals surface area contributed by atoms with Gasteiger partial charge in [0.1, 0.15) is 5.75 Å². The van der Waals surface area contributed by atoms with E-state index in [-0.39, 0.29) is 11.4 Å². The lowest BCUT2D eigenvalue weighted by Crippen LogP contribution is -2.37. The maximum absolute atomic E-state index is 11.4. The Labute approximate surface area is 192 Å². The van der Waals surface area contributed by atoms with Crippen molar-refractivity contribution in [2.75, 3.05) is 45.2 Å². The van der Waals surface area contributed by atoms with Gasteiger partial charge in [-0.15, -0.1) is 0 Å². The van der Waals surface area contributed by atoms with Gasteiger partial charge in [-0.25, -0.2) is 14.6 Å². The van der Waals surface area contributed by atoms with Crippen LogP contribution in [0.25, 0.3) is 17.1 Å². The lowest BCUT2D eigenvalue weighted by Gasteiger charge is -2.26. The number of benzene rings is 1. The third kappa shape index (κ3) is 5.29. The molecule has 1 aliphatic heterocycles. The van der Waals surface area contributed by atoms with E-state index in [0.717, 1.165) is 61.7 Å². The number of carbonyl (C=O) groups is 1. The number of nitrogen functional groups attached to an aromatic ring is 1. The molecular formula is C23H29N7O3. The van der Waals surface area contributed by atoms with E-state index in [2.05, 4.69) is 20.0 Å². The van der Waals surface area contributed by atoms with E-state index in [1.807, 2.05) is 26.0 Å². The first-order valence-electron chi connectivity index (χ1n) is 10.9. The van der Waals surface area contributed by atoms with Crippen LogP contribution in [0, 0.1) is 13.8 Å². The van der Waals surface area contributed by atoms with Crippen molar-refractivity contribution in [3.8, 4) is 22.8 Å². The predicted octanol–water partition coefficient (Wildman–Crippen LogP) is 1.73. The van der Waals surface area contributed by atoms with Crippen molar-refractivity contribution in [2.24, 2.45) is 5.73 Å². The van der Waals surface area contributed by atoms with Crippen molar-refractivity contribution in [2.45, 2.75) is 20.3 Å². The molecule has 4 rings (SSSR count). The van der Waals surface area contributed by atoms with Gasteiger partial charge in [-0.2, -0.15) is 5.10 Å². The largest absolute Gasteiger partial charge is 0.493 e. The van der Waals surface area contributed by atoms with Crippen LogP contribution in [0.15, 0.2) is 30.7 Å². The molecule has 0 bridgehead atoms. The van der Waals surface area contributed by atoms with E-state index in [1.54, 1.807) is 6.20 Å². The number of nitrogens with two attached hydrogens (primary N) is 2. The third-order valence-corrected chi connectivity index (χ3v) is 5.59. The number of ether oxygens (including phenoxy) is 2. The number of hydrogen-bond donors (Lipinski definition) is 2. The highest BCUT2D eigenvalue weighted by molar-refractivity contribution is 5.92. The van der Waals surface area contributed by atoms with Gasteiger partial charge in [0.05, 0.1) is 43.5 Å². The summed E-state index contributed by atoms with van der Waals surface area (Å²) in [4.78, 5) is 22.7. The molecule has 3 aromatic rings. The molecule has 1 aliphatic rings. The molecule has 0 radical (unpaired) electrons. The molecule has 0 aliphatic carbocycles. The molecule has 2 aromatic heterocycles. The fourth-order valence-corrected chi connectivity index (χ4v) is 3.88. The molecule has 10 heteroatoms. The van der Waals surface area contributed by atoms with E-state index < -0.39 is 5.91 Å². The molecule has 1 fully saturated rings. The molecule has 0 spiro atoms. The Bertz CT molecular complexity index is 1120. The number of hydrogen-bond acceptors (Lipinski definition) is 8. The topological polar surface area (TPSA) is 134 Å². The van der Waals surface area contributed by atoms with Crippen molar-refractivity contribution in [3.63, 3.8) is 0 Å². The predicted molar refractivity (Wildman–Crippen MR) is 124 cm³/mol. The maximum atomic E-state index is 11.4. The highest BCUT2D eigenvalue weighted by atomic mass is 16.5. The zero-order chi connectivity index (χ0) is 23.4. The van der Waals surface area contributed by atoms with Crippen molar-refractivity contribution in [1.29, 1.82) is 0 Å². The van der Waals surface area contributed by atoms with Crippen LogP contribution in [0.4, 0.5) is 5.82 Å². The zero-order valence-corrected chi connectivity index (χ0v) is 19.0. The smallest absolute Gasteiger partial charge is 0.251 e. The Kier molecular flexibility index (Phi) is 6.85. The molecule has 0 atom stereocenters. The molecule has 10 nitrogen and oxygen atoms in total. The Morgan fingerprint density at radius 3 is 2.58 bits per heavy atom. The van der Waals surface area contributed by atoms with Crippen LogP contribution in [0.2, 0.25) is 0 Å². The van der Waals surface area contributed by atoms with E-state index >= 15 is 0 Å². The Balaban J connectivity index is 1.48. The molecule has 0 saturated carbocycles. The molecule has 4 N–H and O–H groups in total. The van der Waals surface area contributed by atoms with E-state index in [0.29, 0.717) is 18.1 Å². The number of amides is 1. The lowest BCUT2D eigenvalue weighted by atomic mass is 10.0. The average molecular weight is 452 g/mol. The summed E-state index contributed by atoms with van der Waals surface area (Å²) in [6.07, 6.45) is 5.44. The van der Waals surface area contributed by atoms with Crippen molar-refractivity contribution < 1.29 is 14.3 Å². The van der Waals surface area contributed by atoms with Gasteiger partial charge in [-0.1, -0.05) is 0 Å². The monoisotopic (exact) mass is 451 g/mol. The summed E-state index contributed by atoms with van der Waals surface area (Å²) in [7, 11) is 0. The van der Waals surface area contributed by atoms with Gasteiger partial charge in [-0.05, 0) is 43.5 Å². The van der Waals surface area contributed by atoms with Crippen LogP contribution >= 0.6 is 0 Å². The Hall–Kier alpha value is -3.50. The molecule has 1 aromatic carbocycles. The van der Waals surface area contributed by atoms with Crippen LogP contribution < -0.4 is 16.2 Å². The summed E-state index contributed by atoms with van der Waals surface area (Å²) in [6.45, 7) is 9.30. The first-order chi connectivity index (χ1) is 15.9. The van der Waals surface area contributed by atoms with Gasteiger partial charge in [0, 0.05) is 31.4 Å². The van der Waals surface area contributed by atoms with Gasteiger partial charge < -0.3 is 20.9 Å². The third-order valence-electron chi connectivity index (χ3n) is 5.59. The number of morpholine rings is 1. The zero-order valence-electron chi connectivity index (χ0n) is 19.0. The van der Waals surface area contributed by atoms with Gasteiger partial charge >= 0.3 is 0 Å². The summed E-state index contributed by atoms with van der Waals surface area (Å²) >= 11 is 0. The van der Waals surface area contributed by atoms with Crippen molar-refractivity contribution >= 4 is 11.7 Å². The number of anilines is 1. The molecular weight excluding hydrogens is 422 g/mol. The second-order valence-electron chi connectivity index (χ2n) is 8.10. The summed E-state index contributed by atoms with van der Waals surface area (Å²) in [5, 5.41) is 4.13. The van der Waals surface area contributed by atoms with Gasteiger partial charge in [0.15, 0.2) is 11.6 Å². The number of nitrogens with zero attached hydrogens (tertiary/aromatic N) is 5. The standard InChI is InChI=1S/C23H29N7O3/c1-15-10-17(11-16(2)20(15)33-7-3-4-29-5-8-32-9-6-29)19-13-26-21(24)23(28-19)30-14-18(12-27-30)22(25)31/h10-14H,3-9H2,1-2H3,(H2,24,26)(H2,25,31). The van der Waals surface area contributed by atoms with Crippen molar-refractivity contribution in [3.05, 3.63) is 47.4 Å². The number of carbonyl (C=O) groups excluding carboxylic acids is 1. The van der Waals surface area contributed by atoms with Crippen molar-refractivity contribution in [1.82, 2.24) is 24.6 Å².